The van der Waals surface area contributed by atoms with Crippen LogP contribution < -0.4 is 0 Å². The zero-order chi connectivity index (χ0) is 14.8. The number of nitrogens with zero attached hydrogens (tertiary/aromatic N) is 1. The number of hydrogen-bond acceptors (Lipinski definition) is 3. The molecule has 0 radical (unpaired) electrons. The SMILES string of the molecule is C=CC(=O)N(CCCCOCC(=O)C(C)C)C(C)C. The first-order valence-electron chi connectivity index (χ1n) is 6.93. The Bertz CT molecular complexity index is 298. The van der Waals surface area contributed by atoms with Crippen molar-refractivity contribution in [1.82, 2.24) is 4.90 Å². The Morgan fingerprint density at radius 2 is 1.84 bits per heavy atom. The van der Waals surface area contributed by atoms with E-state index in [9.17, 15) is 9.59 Å². The summed E-state index contributed by atoms with van der Waals surface area (Å²) in [5.74, 6) is 0.123. The summed E-state index contributed by atoms with van der Waals surface area (Å²) in [5, 5.41) is 0. The lowest BCUT2D eigenvalue weighted by atomic mass is 10.1. The highest BCUT2D eigenvalue weighted by atomic mass is 16.5. The molecule has 0 aliphatic rings. The molecule has 0 aromatic heterocycles. The predicted octanol–water partition coefficient (Wildman–Crippen LogP) is 2.43. The Morgan fingerprint density at radius 1 is 1.21 bits per heavy atom. The largest absolute Gasteiger partial charge is 0.374 e. The van der Waals surface area contributed by atoms with Crippen LogP contribution in [0.1, 0.15) is 40.5 Å². The van der Waals surface area contributed by atoms with E-state index in [0.29, 0.717) is 13.2 Å². The number of carbonyl (C=O) groups excluding carboxylic acids is 2. The van der Waals surface area contributed by atoms with Crippen LogP contribution in [0.4, 0.5) is 0 Å². The number of hydrogen-bond donors (Lipinski definition) is 0. The molecule has 0 spiro atoms. The zero-order valence-corrected chi connectivity index (χ0v) is 12.6. The summed E-state index contributed by atoms with van der Waals surface area (Å²) in [6.45, 7) is 12.7. The maximum Gasteiger partial charge on any atom is 0.246 e. The molecule has 0 N–H and O–H groups in total. The van der Waals surface area contributed by atoms with Crippen LogP contribution in [-0.2, 0) is 14.3 Å². The Kier molecular flexibility index (Phi) is 9.13. The molecule has 0 heterocycles. The van der Waals surface area contributed by atoms with Crippen LogP contribution in [0.2, 0.25) is 0 Å². The van der Waals surface area contributed by atoms with Crippen molar-refractivity contribution in [3.8, 4) is 0 Å². The number of Topliss-reactive ketones (excluding diaryl/α,β-unsaturated/α-hetero) is 1. The van der Waals surface area contributed by atoms with Crippen molar-refractivity contribution in [3.05, 3.63) is 12.7 Å². The maximum absolute atomic E-state index is 11.6. The number of unbranched alkanes of at least 4 members (excludes halogenated alkanes) is 1. The summed E-state index contributed by atoms with van der Waals surface area (Å²) in [5.41, 5.74) is 0. The molecule has 0 rings (SSSR count). The zero-order valence-electron chi connectivity index (χ0n) is 12.6. The molecular formula is C15H27NO3. The van der Waals surface area contributed by atoms with E-state index in [-0.39, 0.29) is 30.3 Å². The van der Waals surface area contributed by atoms with E-state index in [1.54, 1.807) is 4.90 Å². The second kappa shape index (κ2) is 9.73. The van der Waals surface area contributed by atoms with Gasteiger partial charge < -0.3 is 9.64 Å². The van der Waals surface area contributed by atoms with Crippen LogP contribution in [-0.4, -0.2) is 42.4 Å². The summed E-state index contributed by atoms with van der Waals surface area (Å²) in [7, 11) is 0. The highest BCUT2D eigenvalue weighted by molar-refractivity contribution is 5.87. The van der Waals surface area contributed by atoms with Gasteiger partial charge >= 0.3 is 0 Å². The number of amides is 1. The number of rotatable bonds is 10. The fourth-order valence-electron chi connectivity index (χ4n) is 1.57. The lowest BCUT2D eigenvalue weighted by Crippen LogP contribution is -2.36. The molecule has 19 heavy (non-hydrogen) atoms. The number of ketones is 1. The summed E-state index contributed by atoms with van der Waals surface area (Å²) in [6, 6.07) is 0.175. The molecule has 110 valence electrons. The van der Waals surface area contributed by atoms with Gasteiger partial charge in [-0.3, -0.25) is 9.59 Å². The third kappa shape index (κ3) is 7.78. The van der Waals surface area contributed by atoms with Crippen LogP contribution in [0.25, 0.3) is 0 Å². The Morgan fingerprint density at radius 3 is 2.32 bits per heavy atom. The molecule has 4 heteroatoms. The molecule has 0 saturated carbocycles. The standard InChI is InChI=1S/C15H27NO3/c1-6-15(18)16(13(4)5)9-7-8-10-19-11-14(17)12(2)3/h6,12-13H,1,7-11H2,2-5H3. The molecule has 0 aliphatic heterocycles. The van der Waals surface area contributed by atoms with Gasteiger partial charge in [-0.05, 0) is 32.8 Å². The van der Waals surface area contributed by atoms with Gasteiger partial charge in [-0.15, -0.1) is 0 Å². The third-order valence-electron chi connectivity index (χ3n) is 2.91. The molecule has 0 bridgehead atoms. The molecule has 0 aromatic carbocycles. The highest BCUT2D eigenvalue weighted by Gasteiger charge is 2.13. The lowest BCUT2D eigenvalue weighted by molar-refractivity contribution is -0.127. The van der Waals surface area contributed by atoms with E-state index in [4.69, 9.17) is 4.74 Å². The molecule has 1 amide bonds. The van der Waals surface area contributed by atoms with Crippen molar-refractivity contribution in [2.45, 2.75) is 46.6 Å². The number of carbonyl (C=O) groups is 2. The quantitative estimate of drug-likeness (QED) is 0.452. The van der Waals surface area contributed by atoms with E-state index in [0.717, 1.165) is 12.8 Å². The van der Waals surface area contributed by atoms with Crippen molar-refractivity contribution >= 4 is 11.7 Å². The van der Waals surface area contributed by atoms with Gasteiger partial charge in [0, 0.05) is 25.1 Å². The maximum atomic E-state index is 11.6. The monoisotopic (exact) mass is 269 g/mol. The van der Waals surface area contributed by atoms with E-state index < -0.39 is 0 Å². The molecule has 0 atom stereocenters. The van der Waals surface area contributed by atoms with Gasteiger partial charge in [-0.2, -0.15) is 0 Å². The molecular weight excluding hydrogens is 242 g/mol. The normalized spacial score (nSPS) is 10.8. The van der Waals surface area contributed by atoms with Crippen LogP contribution in [0.3, 0.4) is 0 Å². The van der Waals surface area contributed by atoms with E-state index >= 15 is 0 Å². The highest BCUT2D eigenvalue weighted by Crippen LogP contribution is 2.03. The van der Waals surface area contributed by atoms with Gasteiger partial charge in [0.2, 0.25) is 5.91 Å². The number of ether oxygens (including phenoxy) is 1. The average Bonchev–Trinajstić information content (AvgIpc) is 2.36. The first kappa shape index (κ1) is 17.8. The van der Waals surface area contributed by atoms with Gasteiger partial charge in [0.05, 0.1) is 0 Å². The average molecular weight is 269 g/mol. The fraction of sp³-hybridized carbons (Fsp3) is 0.733. The Hall–Kier alpha value is -1.16. The van der Waals surface area contributed by atoms with Crippen molar-refractivity contribution in [1.29, 1.82) is 0 Å². The van der Waals surface area contributed by atoms with Crippen molar-refractivity contribution < 1.29 is 14.3 Å². The van der Waals surface area contributed by atoms with Crippen LogP contribution in [0.15, 0.2) is 12.7 Å². The fourth-order valence-corrected chi connectivity index (χ4v) is 1.57. The first-order valence-corrected chi connectivity index (χ1v) is 6.93. The van der Waals surface area contributed by atoms with Crippen LogP contribution in [0, 0.1) is 5.92 Å². The second-order valence-electron chi connectivity index (χ2n) is 5.21. The summed E-state index contributed by atoms with van der Waals surface area (Å²) in [6.07, 6.45) is 3.06. The first-order chi connectivity index (χ1) is 8.90. The molecule has 4 nitrogen and oxygen atoms in total. The smallest absolute Gasteiger partial charge is 0.246 e. The van der Waals surface area contributed by atoms with Crippen molar-refractivity contribution in [2.24, 2.45) is 5.92 Å². The van der Waals surface area contributed by atoms with Crippen LogP contribution in [0.5, 0.6) is 0 Å². The van der Waals surface area contributed by atoms with Gasteiger partial charge in [-0.25, -0.2) is 0 Å². The van der Waals surface area contributed by atoms with Crippen molar-refractivity contribution in [3.63, 3.8) is 0 Å². The van der Waals surface area contributed by atoms with Gasteiger partial charge in [0.15, 0.2) is 5.78 Å². The lowest BCUT2D eigenvalue weighted by Gasteiger charge is -2.25. The molecule has 0 aliphatic carbocycles. The molecule has 0 fully saturated rings. The summed E-state index contributed by atoms with van der Waals surface area (Å²) in [4.78, 5) is 24.7. The van der Waals surface area contributed by atoms with Crippen molar-refractivity contribution in [2.75, 3.05) is 19.8 Å². The summed E-state index contributed by atoms with van der Waals surface area (Å²) < 4.78 is 5.31. The second-order valence-corrected chi connectivity index (χ2v) is 5.21. The topological polar surface area (TPSA) is 46.6 Å². The van der Waals surface area contributed by atoms with Gasteiger partial charge in [0.1, 0.15) is 6.61 Å². The summed E-state index contributed by atoms with van der Waals surface area (Å²) >= 11 is 0. The van der Waals surface area contributed by atoms with E-state index in [1.807, 2.05) is 27.7 Å². The van der Waals surface area contributed by atoms with Gasteiger partial charge in [-0.1, -0.05) is 20.4 Å². The molecule has 0 saturated heterocycles. The van der Waals surface area contributed by atoms with Crippen LogP contribution >= 0.6 is 0 Å². The van der Waals surface area contributed by atoms with E-state index in [2.05, 4.69) is 6.58 Å². The molecule has 0 unspecified atom stereocenters. The Balaban J connectivity index is 3.75. The molecule has 0 aromatic rings. The minimum atomic E-state index is -0.0362. The Labute approximate surface area is 116 Å². The predicted molar refractivity (Wildman–Crippen MR) is 76.9 cm³/mol. The van der Waals surface area contributed by atoms with E-state index in [1.165, 1.54) is 6.08 Å². The third-order valence-corrected chi connectivity index (χ3v) is 2.91. The minimum Gasteiger partial charge on any atom is -0.374 e. The van der Waals surface area contributed by atoms with Gasteiger partial charge in [0.25, 0.3) is 0 Å². The minimum absolute atomic E-state index is 0.0293.